The van der Waals surface area contributed by atoms with Crippen molar-refractivity contribution in [2.75, 3.05) is 18.5 Å². The van der Waals surface area contributed by atoms with Gasteiger partial charge in [-0.2, -0.15) is 0 Å². The second kappa shape index (κ2) is 31.3. The molecule has 2 N–H and O–H groups in total. The van der Waals surface area contributed by atoms with Crippen LogP contribution in [0.3, 0.4) is 0 Å². The van der Waals surface area contributed by atoms with Crippen molar-refractivity contribution in [1.82, 2.24) is 5.32 Å². The van der Waals surface area contributed by atoms with Crippen molar-refractivity contribution in [3.63, 3.8) is 0 Å². The Morgan fingerprint density at radius 3 is 1.72 bits per heavy atom. The van der Waals surface area contributed by atoms with Gasteiger partial charge in [0.1, 0.15) is 5.00 Å². The van der Waals surface area contributed by atoms with Crippen LogP contribution in [-0.4, -0.2) is 25.0 Å². The van der Waals surface area contributed by atoms with Gasteiger partial charge in [-0.05, 0) is 95.6 Å². The predicted octanol–water partition coefficient (Wildman–Crippen LogP) is 13.1. The van der Waals surface area contributed by atoms with E-state index in [0.29, 0.717) is 23.6 Å². The van der Waals surface area contributed by atoms with Crippen molar-refractivity contribution < 1.29 is 14.3 Å². The molecule has 50 heavy (non-hydrogen) atoms. The number of hydrogen-bond acceptors (Lipinski definition) is 5. The van der Waals surface area contributed by atoms with Crippen molar-refractivity contribution >= 4 is 28.2 Å². The van der Waals surface area contributed by atoms with Gasteiger partial charge in [-0.3, -0.25) is 4.79 Å². The Balaban J connectivity index is 1.57. The summed E-state index contributed by atoms with van der Waals surface area (Å²) in [6.07, 6.45) is 46.7. The average Bonchev–Trinajstić information content (AvgIpc) is 3.48. The fraction of sp³-hybridized carbons (Fsp3) is 0.682. The normalized spacial score (nSPS) is 13.3. The molecule has 2 rings (SSSR count). The number of ether oxygens (including phenoxy) is 1. The van der Waals surface area contributed by atoms with E-state index in [-0.39, 0.29) is 11.9 Å². The van der Waals surface area contributed by atoms with Gasteiger partial charge in [0.15, 0.2) is 0 Å². The summed E-state index contributed by atoms with van der Waals surface area (Å²) in [7, 11) is 0. The van der Waals surface area contributed by atoms with Gasteiger partial charge in [0.25, 0.3) is 0 Å². The molecule has 0 fully saturated rings. The lowest BCUT2D eigenvalue weighted by Gasteiger charge is -2.14. The van der Waals surface area contributed by atoms with Crippen LogP contribution < -0.4 is 10.6 Å². The Kier molecular flexibility index (Phi) is 27.4. The van der Waals surface area contributed by atoms with Gasteiger partial charge in [0.05, 0.1) is 12.2 Å². The number of hydrogen-bond donors (Lipinski definition) is 2. The van der Waals surface area contributed by atoms with Gasteiger partial charge < -0.3 is 15.4 Å². The first-order valence-electron chi connectivity index (χ1n) is 20.6. The number of allylic oxidation sites excluding steroid dienone is 8. The molecule has 1 aliphatic rings. The number of rotatable bonds is 31. The monoisotopic (exact) mass is 709 g/mol. The molecule has 0 spiro atoms. The fourth-order valence-corrected chi connectivity index (χ4v) is 7.47. The van der Waals surface area contributed by atoms with E-state index in [2.05, 4.69) is 73.1 Å². The molecule has 1 aliphatic heterocycles. The maximum Gasteiger partial charge on any atom is 0.341 e. The molecule has 2 heterocycles. The second-order valence-electron chi connectivity index (χ2n) is 13.9. The lowest BCUT2D eigenvalue weighted by atomic mass is 10.0. The van der Waals surface area contributed by atoms with Crippen LogP contribution in [0.15, 0.2) is 48.6 Å². The lowest BCUT2D eigenvalue weighted by Crippen LogP contribution is -2.24. The van der Waals surface area contributed by atoms with Gasteiger partial charge in [-0.25, -0.2) is 4.79 Å². The van der Waals surface area contributed by atoms with Crippen LogP contribution in [0, 0.1) is 0 Å². The van der Waals surface area contributed by atoms with E-state index in [1.807, 2.05) is 0 Å². The smallest absolute Gasteiger partial charge is 0.341 e. The first-order valence-corrected chi connectivity index (χ1v) is 21.4. The Morgan fingerprint density at radius 2 is 1.16 bits per heavy atom. The average molecular weight is 709 g/mol. The van der Waals surface area contributed by atoms with Gasteiger partial charge in [-0.15, -0.1) is 11.3 Å². The molecule has 5 nitrogen and oxygen atoms in total. The Hall–Kier alpha value is -2.44. The number of esters is 1. The highest BCUT2D eigenvalue weighted by Gasteiger charge is 2.27. The van der Waals surface area contributed by atoms with E-state index in [1.165, 1.54) is 101 Å². The van der Waals surface area contributed by atoms with Gasteiger partial charge in [-0.1, -0.05) is 133 Å². The van der Waals surface area contributed by atoms with E-state index < -0.39 is 0 Å². The molecule has 0 unspecified atom stereocenters. The molecule has 282 valence electrons. The molecule has 1 aromatic heterocycles. The molecule has 0 bridgehead atoms. The van der Waals surface area contributed by atoms with Crippen LogP contribution in [0.2, 0.25) is 0 Å². The summed E-state index contributed by atoms with van der Waals surface area (Å²) in [4.78, 5) is 27.3. The SMILES string of the molecule is CCCCC/C=C\C/C=C\CCCCCCCCOC(=O)c1c(NC(=O)CCCCCCC/C=C\C/C=C\CCCCC)sc2c1CCNC2. The van der Waals surface area contributed by atoms with Crippen LogP contribution in [0.1, 0.15) is 189 Å². The Morgan fingerprint density at radius 1 is 0.660 bits per heavy atom. The zero-order valence-corrected chi connectivity index (χ0v) is 32.9. The van der Waals surface area contributed by atoms with Crippen molar-refractivity contribution in [3.05, 3.63) is 64.6 Å². The summed E-state index contributed by atoms with van der Waals surface area (Å²) in [5, 5.41) is 7.15. The van der Waals surface area contributed by atoms with Crippen LogP contribution >= 0.6 is 11.3 Å². The van der Waals surface area contributed by atoms with Crippen LogP contribution in [-0.2, 0) is 22.5 Å². The summed E-state index contributed by atoms with van der Waals surface area (Å²) < 4.78 is 5.76. The van der Waals surface area contributed by atoms with Crippen molar-refractivity contribution in [2.24, 2.45) is 0 Å². The minimum atomic E-state index is -0.278. The fourth-order valence-electron chi connectivity index (χ4n) is 6.25. The summed E-state index contributed by atoms with van der Waals surface area (Å²) in [5.74, 6) is -0.277. The number of unbranched alkanes of at least 4 members (excludes halogenated alkanes) is 17. The molecule has 0 saturated carbocycles. The van der Waals surface area contributed by atoms with Crippen molar-refractivity contribution in [2.45, 2.75) is 181 Å². The van der Waals surface area contributed by atoms with Crippen LogP contribution in [0.25, 0.3) is 0 Å². The minimum Gasteiger partial charge on any atom is -0.462 e. The molecule has 0 atom stereocenters. The first kappa shape index (κ1) is 43.7. The highest BCUT2D eigenvalue weighted by atomic mass is 32.1. The minimum absolute atomic E-state index is 0.00132. The van der Waals surface area contributed by atoms with Crippen molar-refractivity contribution in [3.8, 4) is 0 Å². The summed E-state index contributed by atoms with van der Waals surface area (Å²) >= 11 is 1.53. The van der Waals surface area contributed by atoms with Gasteiger partial charge >= 0.3 is 5.97 Å². The number of carbonyl (C=O) groups excluding carboxylic acids is 2. The third kappa shape index (κ3) is 21.7. The van der Waals surface area contributed by atoms with Crippen LogP contribution in [0.5, 0.6) is 0 Å². The number of thiophene rings is 1. The second-order valence-corrected chi connectivity index (χ2v) is 15.0. The van der Waals surface area contributed by atoms with E-state index in [9.17, 15) is 9.59 Å². The number of fused-ring (bicyclic) bond motifs is 1. The highest BCUT2D eigenvalue weighted by molar-refractivity contribution is 7.17. The van der Waals surface area contributed by atoms with E-state index >= 15 is 0 Å². The summed E-state index contributed by atoms with van der Waals surface area (Å²) in [6, 6.07) is 0. The maximum atomic E-state index is 13.2. The zero-order chi connectivity index (χ0) is 35.7. The predicted molar refractivity (Wildman–Crippen MR) is 217 cm³/mol. The number of amides is 1. The van der Waals surface area contributed by atoms with E-state index in [1.54, 1.807) is 0 Å². The molecule has 1 amide bonds. The van der Waals surface area contributed by atoms with Crippen LogP contribution in [0.4, 0.5) is 5.00 Å². The largest absolute Gasteiger partial charge is 0.462 e. The molecule has 1 aromatic rings. The maximum absolute atomic E-state index is 13.2. The third-order valence-corrected chi connectivity index (χ3v) is 10.5. The molecule has 6 heteroatoms. The van der Waals surface area contributed by atoms with Crippen molar-refractivity contribution in [1.29, 1.82) is 0 Å². The lowest BCUT2D eigenvalue weighted by molar-refractivity contribution is -0.116. The molecular weight excluding hydrogens is 637 g/mol. The molecular formula is C44H72N2O3S. The topological polar surface area (TPSA) is 67.4 Å². The molecule has 0 aliphatic carbocycles. The third-order valence-electron chi connectivity index (χ3n) is 9.32. The van der Waals surface area contributed by atoms with Gasteiger partial charge in [0.2, 0.25) is 5.91 Å². The highest BCUT2D eigenvalue weighted by Crippen LogP contribution is 2.36. The Bertz CT molecular complexity index is 1130. The molecule has 0 aromatic carbocycles. The summed E-state index contributed by atoms with van der Waals surface area (Å²) in [6.45, 7) is 6.52. The Labute approximate surface area is 310 Å². The van der Waals surface area contributed by atoms with Gasteiger partial charge in [0, 0.05) is 17.8 Å². The molecule has 0 saturated heterocycles. The van der Waals surface area contributed by atoms with E-state index in [4.69, 9.17) is 4.74 Å². The first-order chi connectivity index (χ1) is 24.7. The van der Waals surface area contributed by atoms with E-state index in [0.717, 1.165) is 87.7 Å². The number of carbonyl (C=O) groups is 2. The standard InChI is InChI=1S/C44H72N2O3S/c1-3-5-7-9-11-13-15-17-19-21-23-25-27-29-31-33-37-49-44(48)42-39-35-36-45-38-40(39)50-43(42)46-41(47)34-32-30-28-26-24-22-20-18-16-14-12-10-8-6-4-2/h11-14,17-20,45H,3-10,15-16,21-38H2,1-2H3,(H,46,47)/b13-11-,14-12-,19-17-,20-18-. The quantitative estimate of drug-likeness (QED) is 0.0458. The summed E-state index contributed by atoms with van der Waals surface area (Å²) in [5.41, 5.74) is 1.66. The zero-order valence-electron chi connectivity index (χ0n) is 32.1. The number of anilines is 1. The molecule has 0 radical (unpaired) electrons. The number of nitrogens with one attached hydrogen (secondary N) is 2.